The smallest absolute Gasteiger partial charge is 0.228 e. The standard InChI is InChI=1S/C18H20N6OS/c1-13-20-14(12-26-13)10-18(25)23-8-5-15(6-9-23)24-11-17(21-22-24)16-4-2-3-7-19-16/h2-4,7,11-12,15H,5-6,8-10H2,1H3. The highest BCUT2D eigenvalue weighted by Gasteiger charge is 2.25. The Kier molecular flexibility index (Phi) is 4.75. The van der Waals surface area contributed by atoms with Crippen molar-refractivity contribution < 1.29 is 4.79 Å². The van der Waals surface area contributed by atoms with Gasteiger partial charge in [-0.3, -0.25) is 9.78 Å². The second-order valence-corrected chi connectivity index (χ2v) is 7.51. The second kappa shape index (κ2) is 7.33. The predicted molar refractivity (Wildman–Crippen MR) is 98.7 cm³/mol. The molecular formula is C18H20N6OS. The Balaban J connectivity index is 1.35. The van der Waals surface area contributed by atoms with Crippen LogP contribution in [0.5, 0.6) is 0 Å². The summed E-state index contributed by atoms with van der Waals surface area (Å²) in [5, 5.41) is 11.5. The number of carbonyl (C=O) groups is 1. The zero-order valence-electron chi connectivity index (χ0n) is 14.6. The molecule has 1 amide bonds. The largest absolute Gasteiger partial charge is 0.342 e. The van der Waals surface area contributed by atoms with E-state index in [0.29, 0.717) is 6.42 Å². The van der Waals surface area contributed by atoms with Crippen molar-refractivity contribution in [2.24, 2.45) is 0 Å². The first-order chi connectivity index (χ1) is 12.7. The van der Waals surface area contributed by atoms with Crippen LogP contribution in [-0.4, -0.2) is 48.9 Å². The molecule has 3 aromatic rings. The molecule has 26 heavy (non-hydrogen) atoms. The van der Waals surface area contributed by atoms with E-state index in [1.165, 1.54) is 0 Å². The summed E-state index contributed by atoms with van der Waals surface area (Å²) in [5.74, 6) is 0.154. The van der Waals surface area contributed by atoms with Crippen LogP contribution in [-0.2, 0) is 11.2 Å². The number of aromatic nitrogens is 5. The summed E-state index contributed by atoms with van der Waals surface area (Å²) in [6.45, 7) is 3.44. The van der Waals surface area contributed by atoms with Crippen molar-refractivity contribution in [2.75, 3.05) is 13.1 Å². The number of thiazole rings is 1. The molecule has 134 valence electrons. The van der Waals surface area contributed by atoms with Gasteiger partial charge in [0, 0.05) is 24.7 Å². The summed E-state index contributed by atoms with van der Waals surface area (Å²) >= 11 is 1.59. The number of carbonyl (C=O) groups excluding carboxylic acids is 1. The highest BCUT2D eigenvalue weighted by Crippen LogP contribution is 2.24. The summed E-state index contributed by atoms with van der Waals surface area (Å²) in [4.78, 5) is 23.1. The molecular weight excluding hydrogens is 348 g/mol. The van der Waals surface area contributed by atoms with E-state index in [2.05, 4.69) is 20.3 Å². The first-order valence-corrected chi connectivity index (χ1v) is 9.59. The molecule has 4 heterocycles. The van der Waals surface area contributed by atoms with Gasteiger partial charge in [0.25, 0.3) is 0 Å². The fraction of sp³-hybridized carbons (Fsp3) is 0.389. The van der Waals surface area contributed by atoms with E-state index in [1.54, 1.807) is 17.5 Å². The molecule has 3 aromatic heterocycles. The molecule has 1 aliphatic heterocycles. The Labute approximate surface area is 155 Å². The first kappa shape index (κ1) is 16.8. The number of aryl methyl sites for hydroxylation is 1. The van der Waals surface area contributed by atoms with Gasteiger partial charge in [0.2, 0.25) is 5.91 Å². The topological polar surface area (TPSA) is 76.8 Å². The molecule has 0 bridgehead atoms. The zero-order valence-corrected chi connectivity index (χ0v) is 15.4. The Hall–Kier alpha value is -2.61. The lowest BCUT2D eigenvalue weighted by atomic mass is 10.0. The number of hydrogen-bond acceptors (Lipinski definition) is 6. The minimum absolute atomic E-state index is 0.154. The van der Waals surface area contributed by atoms with E-state index in [4.69, 9.17) is 0 Å². The maximum Gasteiger partial charge on any atom is 0.228 e. The highest BCUT2D eigenvalue weighted by molar-refractivity contribution is 7.09. The summed E-state index contributed by atoms with van der Waals surface area (Å²) in [7, 11) is 0. The SMILES string of the molecule is Cc1nc(CC(=O)N2CCC(n3cc(-c4ccccn4)nn3)CC2)cs1. The van der Waals surface area contributed by atoms with Crippen molar-refractivity contribution in [3.8, 4) is 11.4 Å². The van der Waals surface area contributed by atoms with Gasteiger partial charge in [-0.05, 0) is 31.9 Å². The number of likely N-dealkylation sites (tertiary alicyclic amines) is 1. The van der Waals surface area contributed by atoms with E-state index in [9.17, 15) is 4.79 Å². The third kappa shape index (κ3) is 3.65. The van der Waals surface area contributed by atoms with Gasteiger partial charge in [-0.25, -0.2) is 9.67 Å². The average Bonchev–Trinajstić information content (AvgIpc) is 3.32. The molecule has 0 aliphatic carbocycles. The molecule has 7 nitrogen and oxygen atoms in total. The Morgan fingerprint density at radius 2 is 2.12 bits per heavy atom. The number of piperidine rings is 1. The molecule has 1 aliphatic rings. The van der Waals surface area contributed by atoms with Crippen molar-refractivity contribution >= 4 is 17.2 Å². The van der Waals surface area contributed by atoms with Gasteiger partial charge in [-0.2, -0.15) is 0 Å². The lowest BCUT2D eigenvalue weighted by Gasteiger charge is -2.31. The zero-order chi connectivity index (χ0) is 17.9. The van der Waals surface area contributed by atoms with Gasteiger partial charge in [0.05, 0.1) is 35.1 Å². The summed E-state index contributed by atoms with van der Waals surface area (Å²) in [6.07, 6.45) is 5.85. The van der Waals surface area contributed by atoms with Crippen LogP contribution < -0.4 is 0 Å². The molecule has 0 unspecified atom stereocenters. The van der Waals surface area contributed by atoms with Gasteiger partial charge < -0.3 is 4.90 Å². The van der Waals surface area contributed by atoms with E-state index in [0.717, 1.165) is 48.0 Å². The molecule has 0 saturated carbocycles. The monoisotopic (exact) mass is 368 g/mol. The highest BCUT2D eigenvalue weighted by atomic mass is 32.1. The van der Waals surface area contributed by atoms with E-state index < -0.39 is 0 Å². The van der Waals surface area contributed by atoms with Gasteiger partial charge in [0.1, 0.15) is 5.69 Å². The fourth-order valence-electron chi connectivity index (χ4n) is 3.22. The Bertz CT molecular complexity index is 882. The van der Waals surface area contributed by atoms with Crippen molar-refractivity contribution in [2.45, 2.75) is 32.2 Å². The van der Waals surface area contributed by atoms with E-state index in [1.807, 2.05) is 46.3 Å². The van der Waals surface area contributed by atoms with Gasteiger partial charge in [-0.1, -0.05) is 11.3 Å². The first-order valence-electron chi connectivity index (χ1n) is 8.71. The average molecular weight is 368 g/mol. The third-order valence-electron chi connectivity index (χ3n) is 4.63. The van der Waals surface area contributed by atoms with Crippen LogP contribution in [0.4, 0.5) is 0 Å². The van der Waals surface area contributed by atoms with Gasteiger partial charge in [-0.15, -0.1) is 16.4 Å². The number of rotatable bonds is 4. The molecule has 0 radical (unpaired) electrons. The molecule has 4 rings (SSSR count). The molecule has 1 saturated heterocycles. The molecule has 0 N–H and O–H groups in total. The van der Waals surface area contributed by atoms with Gasteiger partial charge in [0.15, 0.2) is 0 Å². The molecule has 1 fully saturated rings. The number of nitrogens with zero attached hydrogens (tertiary/aromatic N) is 6. The van der Waals surface area contributed by atoms with Crippen LogP contribution in [0.25, 0.3) is 11.4 Å². The maximum absolute atomic E-state index is 12.5. The van der Waals surface area contributed by atoms with Crippen LogP contribution in [0.15, 0.2) is 36.0 Å². The quantitative estimate of drug-likeness (QED) is 0.707. The number of amides is 1. The normalized spacial score (nSPS) is 15.3. The fourth-order valence-corrected chi connectivity index (χ4v) is 3.84. The van der Waals surface area contributed by atoms with E-state index in [-0.39, 0.29) is 11.9 Å². The van der Waals surface area contributed by atoms with Crippen LogP contribution in [0.1, 0.15) is 29.6 Å². The van der Waals surface area contributed by atoms with Crippen LogP contribution in [0.2, 0.25) is 0 Å². The van der Waals surface area contributed by atoms with Crippen LogP contribution in [0, 0.1) is 6.92 Å². The summed E-state index contributed by atoms with van der Waals surface area (Å²) in [6, 6.07) is 6.02. The number of pyridine rings is 1. The molecule has 0 spiro atoms. The number of hydrogen-bond donors (Lipinski definition) is 0. The van der Waals surface area contributed by atoms with Crippen molar-refractivity contribution in [3.63, 3.8) is 0 Å². The predicted octanol–water partition coefficient (Wildman–Crippen LogP) is 2.51. The summed E-state index contributed by atoms with van der Waals surface area (Å²) < 4.78 is 1.91. The van der Waals surface area contributed by atoms with E-state index >= 15 is 0 Å². The lowest BCUT2D eigenvalue weighted by molar-refractivity contribution is -0.131. The minimum atomic E-state index is 0.154. The molecule has 0 aromatic carbocycles. The van der Waals surface area contributed by atoms with Crippen molar-refractivity contribution in [3.05, 3.63) is 46.7 Å². The second-order valence-electron chi connectivity index (χ2n) is 6.45. The van der Waals surface area contributed by atoms with Crippen molar-refractivity contribution in [1.29, 1.82) is 0 Å². The lowest BCUT2D eigenvalue weighted by Crippen LogP contribution is -2.40. The third-order valence-corrected chi connectivity index (χ3v) is 5.45. The molecule has 8 heteroatoms. The Morgan fingerprint density at radius 1 is 1.27 bits per heavy atom. The maximum atomic E-state index is 12.5. The minimum Gasteiger partial charge on any atom is -0.342 e. The van der Waals surface area contributed by atoms with Crippen LogP contribution in [0.3, 0.4) is 0 Å². The summed E-state index contributed by atoms with van der Waals surface area (Å²) in [5.41, 5.74) is 2.48. The Morgan fingerprint density at radius 3 is 2.81 bits per heavy atom. The molecule has 0 atom stereocenters. The van der Waals surface area contributed by atoms with Crippen LogP contribution >= 0.6 is 11.3 Å². The van der Waals surface area contributed by atoms with Crippen molar-refractivity contribution in [1.82, 2.24) is 29.9 Å². The van der Waals surface area contributed by atoms with Gasteiger partial charge >= 0.3 is 0 Å².